The highest BCUT2D eigenvalue weighted by atomic mass is 16.3. The average Bonchev–Trinajstić information content (AvgIpc) is 2.63. The van der Waals surface area contributed by atoms with Crippen molar-refractivity contribution in [2.45, 2.75) is 25.4 Å². The molecule has 1 aliphatic rings. The normalized spacial score (nSPS) is 16.4. The molecule has 0 fully saturated rings. The molecular weight excluding hydrogens is 316 g/mol. The minimum atomic E-state index is -0.496. The summed E-state index contributed by atoms with van der Waals surface area (Å²) in [5.74, 6) is -0.461. The molecule has 0 saturated heterocycles. The summed E-state index contributed by atoms with van der Waals surface area (Å²) in [5, 5.41) is 13.4. The van der Waals surface area contributed by atoms with E-state index in [0.29, 0.717) is 16.6 Å². The number of para-hydroxylation sites is 1. The third kappa shape index (κ3) is 2.83. The van der Waals surface area contributed by atoms with Crippen LogP contribution in [0.25, 0.3) is 10.9 Å². The van der Waals surface area contributed by atoms with E-state index in [1.165, 1.54) is 6.20 Å². The molecule has 5 nitrogen and oxygen atoms in total. The predicted molar refractivity (Wildman–Crippen MR) is 96.9 cm³/mol. The molecule has 0 radical (unpaired) electrons. The van der Waals surface area contributed by atoms with Crippen molar-refractivity contribution >= 4 is 22.5 Å². The first-order valence-corrected chi connectivity index (χ1v) is 8.36. The number of hydrogen-bond acceptors (Lipinski definition) is 3. The summed E-state index contributed by atoms with van der Waals surface area (Å²) in [6.45, 7) is 0. The van der Waals surface area contributed by atoms with E-state index in [1.54, 1.807) is 24.3 Å². The van der Waals surface area contributed by atoms with Gasteiger partial charge < -0.3 is 15.4 Å². The number of pyridine rings is 1. The van der Waals surface area contributed by atoms with E-state index in [4.69, 9.17) is 0 Å². The van der Waals surface area contributed by atoms with Gasteiger partial charge in [0.1, 0.15) is 5.56 Å². The van der Waals surface area contributed by atoms with Crippen LogP contribution in [0.15, 0.2) is 53.5 Å². The Morgan fingerprint density at radius 3 is 2.92 bits per heavy atom. The average molecular weight is 334 g/mol. The second-order valence-corrected chi connectivity index (χ2v) is 6.35. The van der Waals surface area contributed by atoms with E-state index < -0.39 is 12.0 Å². The number of benzene rings is 2. The molecule has 0 spiro atoms. The smallest absolute Gasteiger partial charge is 0.261 e. The first-order chi connectivity index (χ1) is 12.1. The Labute approximate surface area is 144 Å². The molecule has 1 atom stereocenters. The fourth-order valence-electron chi connectivity index (χ4n) is 3.39. The molecule has 25 heavy (non-hydrogen) atoms. The Bertz CT molecular complexity index is 1020. The van der Waals surface area contributed by atoms with Crippen molar-refractivity contribution in [2.24, 2.45) is 0 Å². The van der Waals surface area contributed by atoms with Crippen molar-refractivity contribution in [1.29, 1.82) is 0 Å². The third-order valence-corrected chi connectivity index (χ3v) is 4.72. The van der Waals surface area contributed by atoms with Crippen LogP contribution in [-0.4, -0.2) is 16.0 Å². The molecule has 0 saturated carbocycles. The van der Waals surface area contributed by atoms with E-state index in [1.807, 2.05) is 18.2 Å². The van der Waals surface area contributed by atoms with Gasteiger partial charge in [0.15, 0.2) is 0 Å². The van der Waals surface area contributed by atoms with Crippen LogP contribution in [0.5, 0.6) is 0 Å². The number of carbonyl (C=O) groups excluding carboxylic acids is 1. The Morgan fingerprint density at radius 2 is 2.04 bits per heavy atom. The van der Waals surface area contributed by atoms with Crippen molar-refractivity contribution in [3.8, 4) is 0 Å². The molecule has 4 rings (SSSR count). The molecule has 0 unspecified atom stereocenters. The van der Waals surface area contributed by atoms with Gasteiger partial charge in [-0.05, 0) is 54.7 Å². The molecular formula is C20H18N2O3. The number of aromatic nitrogens is 1. The van der Waals surface area contributed by atoms with Crippen LogP contribution in [0.2, 0.25) is 0 Å². The summed E-state index contributed by atoms with van der Waals surface area (Å²) in [7, 11) is 0. The maximum Gasteiger partial charge on any atom is 0.261 e. The van der Waals surface area contributed by atoms with Gasteiger partial charge >= 0.3 is 0 Å². The Balaban J connectivity index is 1.66. The molecule has 0 bridgehead atoms. The molecule has 2 aromatic carbocycles. The Morgan fingerprint density at radius 1 is 1.20 bits per heavy atom. The highest BCUT2D eigenvalue weighted by Crippen LogP contribution is 2.31. The summed E-state index contributed by atoms with van der Waals surface area (Å²) in [6.07, 6.45) is 3.57. The van der Waals surface area contributed by atoms with Crippen molar-refractivity contribution in [1.82, 2.24) is 4.98 Å². The second kappa shape index (κ2) is 6.18. The number of aliphatic hydroxyl groups excluding tert-OH is 1. The van der Waals surface area contributed by atoms with Gasteiger partial charge in [-0.25, -0.2) is 0 Å². The lowest BCUT2D eigenvalue weighted by Gasteiger charge is -2.22. The third-order valence-electron chi connectivity index (χ3n) is 4.72. The van der Waals surface area contributed by atoms with Crippen LogP contribution in [0.4, 0.5) is 5.69 Å². The van der Waals surface area contributed by atoms with Gasteiger partial charge in [0.2, 0.25) is 5.43 Å². The highest BCUT2D eigenvalue weighted by Gasteiger charge is 2.19. The van der Waals surface area contributed by atoms with Crippen molar-refractivity contribution < 1.29 is 9.90 Å². The monoisotopic (exact) mass is 334 g/mol. The van der Waals surface area contributed by atoms with Crippen LogP contribution in [0.3, 0.4) is 0 Å². The van der Waals surface area contributed by atoms with Gasteiger partial charge in [-0.3, -0.25) is 9.59 Å². The molecule has 3 N–H and O–H groups in total. The zero-order valence-corrected chi connectivity index (χ0v) is 13.6. The first kappa shape index (κ1) is 15.6. The molecule has 126 valence electrons. The van der Waals surface area contributed by atoms with E-state index in [2.05, 4.69) is 10.3 Å². The van der Waals surface area contributed by atoms with Crippen LogP contribution in [0, 0.1) is 0 Å². The molecule has 1 aliphatic carbocycles. The van der Waals surface area contributed by atoms with Gasteiger partial charge in [0.25, 0.3) is 5.91 Å². The second-order valence-electron chi connectivity index (χ2n) is 6.35. The summed E-state index contributed by atoms with van der Waals surface area (Å²) < 4.78 is 0. The number of rotatable bonds is 2. The van der Waals surface area contributed by atoms with Gasteiger partial charge in [0.05, 0.1) is 6.10 Å². The number of anilines is 1. The van der Waals surface area contributed by atoms with Gasteiger partial charge in [0, 0.05) is 22.8 Å². The highest BCUT2D eigenvalue weighted by molar-refractivity contribution is 6.05. The number of amides is 1. The number of carbonyl (C=O) groups is 1. The first-order valence-electron chi connectivity index (χ1n) is 8.36. The van der Waals surface area contributed by atoms with Crippen LogP contribution < -0.4 is 10.7 Å². The summed E-state index contributed by atoms with van der Waals surface area (Å²) >= 11 is 0. The van der Waals surface area contributed by atoms with Crippen molar-refractivity contribution in [3.05, 3.63) is 75.6 Å². The van der Waals surface area contributed by atoms with Crippen molar-refractivity contribution in [2.75, 3.05) is 5.32 Å². The molecule has 1 aromatic heterocycles. The number of hydrogen-bond donors (Lipinski definition) is 3. The van der Waals surface area contributed by atoms with Gasteiger partial charge in [-0.1, -0.05) is 18.2 Å². The lowest BCUT2D eigenvalue weighted by Crippen LogP contribution is -2.22. The number of aryl methyl sites for hydroxylation is 1. The molecule has 1 amide bonds. The lowest BCUT2D eigenvalue weighted by molar-refractivity contribution is 0.102. The number of nitrogens with one attached hydrogen (secondary N) is 2. The molecule has 1 heterocycles. The van der Waals surface area contributed by atoms with E-state index in [9.17, 15) is 14.7 Å². The maximum atomic E-state index is 12.5. The zero-order valence-electron chi connectivity index (χ0n) is 13.6. The number of aliphatic hydroxyl groups is 1. The summed E-state index contributed by atoms with van der Waals surface area (Å²) in [4.78, 5) is 28.0. The Kier molecular flexibility index (Phi) is 3.86. The van der Waals surface area contributed by atoms with Crippen molar-refractivity contribution in [3.63, 3.8) is 0 Å². The molecule has 3 aromatic rings. The topological polar surface area (TPSA) is 82.2 Å². The molecule has 5 heteroatoms. The van der Waals surface area contributed by atoms with Crippen LogP contribution in [0.1, 0.15) is 40.4 Å². The number of aromatic amines is 1. The lowest BCUT2D eigenvalue weighted by atomic mass is 9.89. The predicted octanol–water partition coefficient (Wildman–Crippen LogP) is 3.15. The quantitative estimate of drug-likeness (QED) is 0.673. The summed E-state index contributed by atoms with van der Waals surface area (Å²) in [6, 6.07) is 12.6. The van der Waals surface area contributed by atoms with E-state index in [-0.39, 0.29) is 11.0 Å². The fourth-order valence-corrected chi connectivity index (χ4v) is 3.39. The van der Waals surface area contributed by atoms with Crippen LogP contribution >= 0.6 is 0 Å². The SMILES string of the molecule is O=C(Nc1ccc2c(c1)[C@@H](O)CCC2)c1c[nH]c2ccccc2c1=O. The standard InChI is InChI=1S/C20H18N2O3/c23-18-7-3-4-12-8-9-13(10-15(12)18)22-20(25)16-11-21-17-6-2-1-5-14(17)19(16)24/h1-2,5-6,8-11,18,23H,3-4,7H2,(H,21,24)(H,22,25)/t18-/m0/s1. The van der Waals surface area contributed by atoms with Gasteiger partial charge in [-0.15, -0.1) is 0 Å². The molecule has 0 aliphatic heterocycles. The minimum absolute atomic E-state index is 0.0666. The van der Waals surface area contributed by atoms with Crippen LogP contribution in [-0.2, 0) is 6.42 Å². The zero-order chi connectivity index (χ0) is 17.4. The van der Waals surface area contributed by atoms with E-state index in [0.717, 1.165) is 30.4 Å². The summed E-state index contributed by atoms with van der Waals surface area (Å²) in [5.41, 5.74) is 3.01. The maximum absolute atomic E-state index is 12.5. The number of fused-ring (bicyclic) bond motifs is 2. The van der Waals surface area contributed by atoms with E-state index >= 15 is 0 Å². The largest absolute Gasteiger partial charge is 0.388 e. The minimum Gasteiger partial charge on any atom is -0.388 e. The number of H-pyrrole nitrogens is 1. The fraction of sp³-hybridized carbons (Fsp3) is 0.200. The van der Waals surface area contributed by atoms with Gasteiger partial charge in [-0.2, -0.15) is 0 Å². The Hall–Kier alpha value is -2.92.